The second-order valence-electron chi connectivity index (χ2n) is 4.77. The van der Waals surface area contributed by atoms with Gasteiger partial charge in [0.05, 0.1) is 16.0 Å². The zero-order chi connectivity index (χ0) is 15.3. The molecule has 0 bridgehead atoms. The summed E-state index contributed by atoms with van der Waals surface area (Å²) in [6.45, 7) is 0. The van der Waals surface area contributed by atoms with Crippen LogP contribution in [-0.2, 0) is 9.59 Å². The van der Waals surface area contributed by atoms with Crippen LogP contribution >= 0.6 is 12.6 Å². The highest BCUT2D eigenvalue weighted by molar-refractivity contribution is 7.80. The summed E-state index contributed by atoms with van der Waals surface area (Å²) in [5, 5.41) is 2.08. The molecule has 2 heterocycles. The number of amides is 4. The third kappa shape index (κ3) is 1.94. The number of carbonyl (C=O) groups is 4. The van der Waals surface area contributed by atoms with Crippen LogP contribution < -0.4 is 5.32 Å². The van der Waals surface area contributed by atoms with Gasteiger partial charge in [0.25, 0.3) is 11.8 Å². The second kappa shape index (κ2) is 4.66. The van der Waals surface area contributed by atoms with Crippen LogP contribution in [0, 0.1) is 5.82 Å². The van der Waals surface area contributed by atoms with Crippen molar-refractivity contribution in [3.05, 3.63) is 29.1 Å². The number of nitrogens with zero attached hydrogens (tertiary/aromatic N) is 1. The summed E-state index contributed by atoms with van der Waals surface area (Å²) in [6, 6.07) is 1.17. The maximum Gasteiger partial charge on any atom is 0.263 e. The number of benzene rings is 1. The predicted molar refractivity (Wildman–Crippen MR) is 70.3 cm³/mol. The third-order valence-corrected chi connectivity index (χ3v) is 3.97. The molecule has 8 heteroatoms. The maximum absolute atomic E-state index is 13.5. The number of halogens is 1. The molecule has 2 aliphatic heterocycles. The molecule has 1 fully saturated rings. The number of piperidine rings is 1. The van der Waals surface area contributed by atoms with Crippen molar-refractivity contribution in [3.63, 3.8) is 0 Å². The Kier molecular flexibility index (Phi) is 3.05. The Morgan fingerprint density at radius 3 is 2.57 bits per heavy atom. The first-order valence-corrected chi connectivity index (χ1v) is 6.59. The van der Waals surface area contributed by atoms with Crippen molar-refractivity contribution in [1.29, 1.82) is 0 Å². The van der Waals surface area contributed by atoms with Crippen LogP contribution in [0.15, 0.2) is 17.0 Å². The fourth-order valence-electron chi connectivity index (χ4n) is 2.51. The highest BCUT2D eigenvalue weighted by atomic mass is 32.1. The van der Waals surface area contributed by atoms with Gasteiger partial charge in [0.1, 0.15) is 11.9 Å². The molecule has 1 saturated heterocycles. The van der Waals surface area contributed by atoms with Crippen molar-refractivity contribution >= 4 is 36.3 Å². The lowest BCUT2D eigenvalue weighted by Crippen LogP contribution is -2.54. The number of thiol groups is 1. The molecule has 0 spiro atoms. The summed E-state index contributed by atoms with van der Waals surface area (Å²) >= 11 is 3.91. The largest absolute Gasteiger partial charge is 0.295 e. The second-order valence-corrected chi connectivity index (χ2v) is 5.21. The normalized spacial score (nSPS) is 21.6. The van der Waals surface area contributed by atoms with E-state index >= 15 is 0 Å². The van der Waals surface area contributed by atoms with Gasteiger partial charge in [0.15, 0.2) is 0 Å². The molecule has 1 unspecified atom stereocenters. The summed E-state index contributed by atoms with van der Waals surface area (Å²) in [4.78, 5) is 48.1. The van der Waals surface area contributed by atoms with E-state index in [1.807, 2.05) is 0 Å². The van der Waals surface area contributed by atoms with Crippen molar-refractivity contribution < 1.29 is 23.6 Å². The van der Waals surface area contributed by atoms with Crippen molar-refractivity contribution in [2.24, 2.45) is 0 Å². The Balaban J connectivity index is 2.02. The van der Waals surface area contributed by atoms with Crippen LogP contribution in [-0.4, -0.2) is 34.6 Å². The van der Waals surface area contributed by atoms with E-state index in [4.69, 9.17) is 0 Å². The molecule has 1 atom stereocenters. The topological polar surface area (TPSA) is 83.6 Å². The number of nitrogens with one attached hydrogen (secondary N) is 1. The van der Waals surface area contributed by atoms with Gasteiger partial charge in [-0.3, -0.25) is 29.4 Å². The summed E-state index contributed by atoms with van der Waals surface area (Å²) in [5.74, 6) is -3.33. The predicted octanol–water partition coefficient (Wildman–Crippen LogP) is 0.516. The smallest absolute Gasteiger partial charge is 0.263 e. The Morgan fingerprint density at radius 2 is 1.90 bits per heavy atom. The van der Waals surface area contributed by atoms with Gasteiger partial charge in [-0.2, -0.15) is 0 Å². The Labute approximate surface area is 123 Å². The molecule has 0 saturated carbocycles. The van der Waals surface area contributed by atoms with Crippen LogP contribution in [0.25, 0.3) is 0 Å². The minimum absolute atomic E-state index is 0.0103. The highest BCUT2D eigenvalue weighted by Gasteiger charge is 2.45. The quantitative estimate of drug-likeness (QED) is 0.585. The summed E-state index contributed by atoms with van der Waals surface area (Å²) in [7, 11) is 0. The van der Waals surface area contributed by atoms with E-state index in [1.165, 1.54) is 6.07 Å². The number of carbonyl (C=O) groups excluding carboxylic acids is 4. The lowest BCUT2D eigenvalue weighted by Gasteiger charge is -2.27. The van der Waals surface area contributed by atoms with Crippen LogP contribution in [0.2, 0.25) is 0 Å². The lowest BCUT2D eigenvalue weighted by molar-refractivity contribution is -0.136. The van der Waals surface area contributed by atoms with Crippen LogP contribution in [0.5, 0.6) is 0 Å². The van der Waals surface area contributed by atoms with Crippen LogP contribution in [0.4, 0.5) is 4.39 Å². The number of imide groups is 2. The van der Waals surface area contributed by atoms with Crippen molar-refractivity contribution in [2.45, 2.75) is 23.8 Å². The first kappa shape index (κ1) is 13.7. The van der Waals surface area contributed by atoms with Gasteiger partial charge in [0, 0.05) is 6.42 Å². The highest BCUT2D eigenvalue weighted by Crippen LogP contribution is 2.32. The minimum Gasteiger partial charge on any atom is -0.295 e. The van der Waals surface area contributed by atoms with E-state index in [0.29, 0.717) is 0 Å². The molecule has 108 valence electrons. The van der Waals surface area contributed by atoms with Gasteiger partial charge in [-0.05, 0) is 18.6 Å². The zero-order valence-corrected chi connectivity index (χ0v) is 11.4. The van der Waals surface area contributed by atoms with Crippen molar-refractivity contribution in [2.75, 3.05) is 0 Å². The molecule has 1 aromatic rings. The molecule has 6 nitrogen and oxygen atoms in total. The molecule has 1 N–H and O–H groups in total. The molecule has 3 rings (SSSR count). The lowest BCUT2D eigenvalue weighted by atomic mass is 10.0. The zero-order valence-electron chi connectivity index (χ0n) is 10.6. The van der Waals surface area contributed by atoms with Crippen LogP contribution in [0.1, 0.15) is 33.6 Å². The molecule has 2 aliphatic rings. The number of hydrogen-bond donors (Lipinski definition) is 2. The van der Waals surface area contributed by atoms with Crippen LogP contribution in [0.3, 0.4) is 0 Å². The number of rotatable bonds is 1. The van der Waals surface area contributed by atoms with Gasteiger partial charge < -0.3 is 0 Å². The van der Waals surface area contributed by atoms with E-state index in [9.17, 15) is 23.6 Å². The first-order chi connectivity index (χ1) is 9.91. The molecule has 0 aromatic heterocycles. The van der Waals surface area contributed by atoms with E-state index < -0.39 is 35.5 Å². The van der Waals surface area contributed by atoms with E-state index in [2.05, 4.69) is 17.9 Å². The van der Waals surface area contributed by atoms with Crippen molar-refractivity contribution in [1.82, 2.24) is 10.2 Å². The molecule has 21 heavy (non-hydrogen) atoms. The number of fused-ring (bicyclic) bond motifs is 1. The minimum atomic E-state index is -1.06. The summed E-state index contributed by atoms with van der Waals surface area (Å²) in [6.07, 6.45) is 0.0897. The molecule has 0 aliphatic carbocycles. The molecular formula is C13H9FN2O4S. The monoisotopic (exact) mass is 308 g/mol. The van der Waals surface area contributed by atoms with Gasteiger partial charge in [-0.1, -0.05) is 0 Å². The van der Waals surface area contributed by atoms with E-state index in [-0.39, 0.29) is 28.9 Å². The molecule has 4 amide bonds. The Morgan fingerprint density at radius 1 is 1.19 bits per heavy atom. The first-order valence-electron chi connectivity index (χ1n) is 6.15. The van der Waals surface area contributed by atoms with Gasteiger partial charge in [0.2, 0.25) is 11.8 Å². The molecule has 0 radical (unpaired) electrons. The fourth-order valence-corrected chi connectivity index (χ4v) is 2.81. The van der Waals surface area contributed by atoms with Gasteiger partial charge in [-0.15, -0.1) is 12.6 Å². The average molecular weight is 308 g/mol. The van der Waals surface area contributed by atoms with Crippen molar-refractivity contribution in [3.8, 4) is 0 Å². The van der Waals surface area contributed by atoms with Gasteiger partial charge in [-0.25, -0.2) is 4.39 Å². The third-order valence-electron chi connectivity index (χ3n) is 3.53. The molecule has 1 aromatic carbocycles. The SMILES string of the molecule is O=C1CCC(N2C(=O)c3ccc(F)c(S)c3C2=O)C(=O)N1. The van der Waals surface area contributed by atoms with E-state index in [1.54, 1.807) is 0 Å². The fraction of sp³-hybridized carbons (Fsp3) is 0.231. The Bertz CT molecular complexity index is 718. The summed E-state index contributed by atoms with van der Waals surface area (Å²) in [5.41, 5.74) is -0.135. The van der Waals surface area contributed by atoms with E-state index in [0.717, 1.165) is 11.0 Å². The number of hydrogen-bond acceptors (Lipinski definition) is 5. The standard InChI is InChI=1S/C13H9FN2O4S/c14-6-2-1-5-9(10(6)21)13(20)16(12(5)19)7-3-4-8(17)15-11(7)18/h1-2,7,21H,3-4H2,(H,15,17,18). The maximum atomic E-state index is 13.5. The average Bonchev–Trinajstić information content (AvgIpc) is 2.67. The molecular weight excluding hydrogens is 299 g/mol. The Hall–Kier alpha value is -2.22. The summed E-state index contributed by atoms with van der Waals surface area (Å²) < 4.78 is 13.5. The van der Waals surface area contributed by atoms with Gasteiger partial charge >= 0.3 is 0 Å².